The SMILES string of the molecule is COC(=O)C1=C(C#N)NC(C)=C(C(=O)OC(C)C)C1c1cccc([N+](=O)[O-])c1.COC(=O)C1=C(C)NC(C)=C(C(=O)OCCN2CCN(C(c3ccccc3)c3ccccc3)CC2)C1c1cccc([N+](=O)[O-])c1. The Morgan fingerprint density at radius 1 is 0.644 bits per heavy atom. The van der Waals surface area contributed by atoms with Crippen LogP contribution in [0.2, 0.25) is 0 Å². The molecule has 0 amide bonds. The lowest BCUT2D eigenvalue weighted by Gasteiger charge is -2.39. The molecule has 2 N–H and O–H groups in total. The molecule has 7 rings (SSSR count). The largest absolute Gasteiger partial charge is 0.466 e. The summed E-state index contributed by atoms with van der Waals surface area (Å²) in [6.07, 6.45) is -0.429. The van der Waals surface area contributed by atoms with Crippen molar-refractivity contribution in [1.82, 2.24) is 20.4 Å². The number of allylic oxidation sites excluding steroid dienone is 4. The zero-order chi connectivity index (χ0) is 52.9. The van der Waals surface area contributed by atoms with Crippen LogP contribution in [0.4, 0.5) is 11.4 Å². The van der Waals surface area contributed by atoms with E-state index in [4.69, 9.17) is 18.9 Å². The average molecular weight is 996 g/mol. The number of ether oxygens (including phenoxy) is 4. The first-order valence-electron chi connectivity index (χ1n) is 23.4. The van der Waals surface area contributed by atoms with Crippen LogP contribution in [0.3, 0.4) is 0 Å². The van der Waals surface area contributed by atoms with E-state index in [1.807, 2.05) is 18.2 Å². The molecule has 1 saturated heterocycles. The highest BCUT2D eigenvalue weighted by atomic mass is 16.6. The van der Waals surface area contributed by atoms with Crippen molar-refractivity contribution >= 4 is 35.3 Å². The molecular weight excluding hydrogens is 939 g/mol. The van der Waals surface area contributed by atoms with Gasteiger partial charge in [-0.15, -0.1) is 0 Å². The number of carbonyl (C=O) groups is 4. The van der Waals surface area contributed by atoms with Crippen molar-refractivity contribution in [3.05, 3.63) is 197 Å². The molecule has 19 heteroatoms. The Hall–Kier alpha value is -8.47. The molecule has 0 aliphatic carbocycles. The summed E-state index contributed by atoms with van der Waals surface area (Å²) in [6, 6.07) is 34.6. The molecule has 4 aromatic carbocycles. The van der Waals surface area contributed by atoms with Crippen molar-refractivity contribution in [2.45, 2.75) is 58.6 Å². The predicted molar refractivity (Wildman–Crippen MR) is 268 cm³/mol. The molecule has 73 heavy (non-hydrogen) atoms. The van der Waals surface area contributed by atoms with Crippen molar-refractivity contribution in [1.29, 1.82) is 5.26 Å². The summed E-state index contributed by atoms with van der Waals surface area (Å²) in [5.41, 5.74) is 4.50. The molecule has 0 radical (unpaired) electrons. The minimum absolute atomic E-state index is 0.0774. The number of esters is 4. The Bertz CT molecular complexity index is 2880. The summed E-state index contributed by atoms with van der Waals surface area (Å²) in [7, 11) is 2.41. The predicted octanol–water partition coefficient (Wildman–Crippen LogP) is 7.41. The molecule has 0 spiro atoms. The molecular formula is C54H57N7O12. The number of methoxy groups -OCH3 is 2. The second-order valence-corrected chi connectivity index (χ2v) is 17.5. The van der Waals surface area contributed by atoms with Gasteiger partial charge in [-0.05, 0) is 56.9 Å². The first kappa shape index (κ1) is 53.9. The van der Waals surface area contributed by atoms with Crippen molar-refractivity contribution < 1.29 is 48.0 Å². The van der Waals surface area contributed by atoms with E-state index in [1.165, 1.54) is 60.7 Å². The fourth-order valence-corrected chi connectivity index (χ4v) is 9.22. The van der Waals surface area contributed by atoms with Gasteiger partial charge in [-0.1, -0.05) is 84.9 Å². The number of nitrogens with zero attached hydrogens (tertiary/aromatic N) is 5. The van der Waals surface area contributed by atoms with Crippen molar-refractivity contribution in [2.75, 3.05) is 53.6 Å². The molecule has 0 bridgehead atoms. The zero-order valence-electron chi connectivity index (χ0n) is 41.6. The highest BCUT2D eigenvalue weighted by molar-refractivity contribution is 6.01. The van der Waals surface area contributed by atoms with Crippen LogP contribution in [0.15, 0.2) is 154 Å². The number of piperazine rings is 1. The van der Waals surface area contributed by atoms with Crippen LogP contribution in [0.1, 0.15) is 74.8 Å². The van der Waals surface area contributed by atoms with Gasteiger partial charge in [0.1, 0.15) is 18.4 Å². The van der Waals surface area contributed by atoms with Crippen molar-refractivity contribution in [3.63, 3.8) is 0 Å². The minimum Gasteiger partial charge on any atom is -0.466 e. The number of rotatable bonds is 15. The normalized spacial score (nSPS) is 17.2. The first-order chi connectivity index (χ1) is 35.0. The highest BCUT2D eigenvalue weighted by Crippen LogP contribution is 2.42. The van der Waals surface area contributed by atoms with Crippen LogP contribution < -0.4 is 10.6 Å². The third-order valence-electron chi connectivity index (χ3n) is 12.5. The summed E-state index contributed by atoms with van der Waals surface area (Å²) >= 11 is 0. The number of nitro groups is 2. The van der Waals surface area contributed by atoms with Gasteiger partial charge in [0.15, 0.2) is 0 Å². The Labute approximate surface area is 422 Å². The van der Waals surface area contributed by atoms with E-state index in [1.54, 1.807) is 40.7 Å². The van der Waals surface area contributed by atoms with Crippen molar-refractivity contribution in [2.24, 2.45) is 0 Å². The van der Waals surface area contributed by atoms with Crippen LogP contribution in [0, 0.1) is 31.6 Å². The van der Waals surface area contributed by atoms with E-state index >= 15 is 0 Å². The monoisotopic (exact) mass is 995 g/mol. The summed E-state index contributed by atoms with van der Waals surface area (Å²) in [4.78, 5) is 78.1. The van der Waals surface area contributed by atoms with Gasteiger partial charge >= 0.3 is 23.9 Å². The van der Waals surface area contributed by atoms with Gasteiger partial charge in [0, 0.05) is 74.1 Å². The van der Waals surface area contributed by atoms with E-state index in [0.29, 0.717) is 34.8 Å². The maximum Gasteiger partial charge on any atom is 0.337 e. The number of nitro benzene ring substituents is 2. The number of non-ortho nitro benzene ring substituents is 2. The molecule has 4 aromatic rings. The van der Waals surface area contributed by atoms with E-state index in [-0.39, 0.29) is 52.0 Å². The second-order valence-electron chi connectivity index (χ2n) is 17.5. The number of nitriles is 1. The van der Waals surface area contributed by atoms with E-state index in [9.17, 15) is 44.7 Å². The average Bonchev–Trinajstić information content (AvgIpc) is 3.38. The summed E-state index contributed by atoms with van der Waals surface area (Å²) < 4.78 is 20.9. The van der Waals surface area contributed by atoms with Gasteiger partial charge < -0.3 is 29.6 Å². The molecule has 3 heterocycles. The highest BCUT2D eigenvalue weighted by Gasteiger charge is 2.41. The minimum atomic E-state index is -1.06. The van der Waals surface area contributed by atoms with Crippen LogP contribution in [0.5, 0.6) is 0 Å². The zero-order valence-corrected chi connectivity index (χ0v) is 41.6. The molecule has 0 aromatic heterocycles. The quantitative estimate of drug-likeness (QED) is 0.0509. The van der Waals surface area contributed by atoms with Gasteiger partial charge in [-0.25, -0.2) is 19.2 Å². The van der Waals surface area contributed by atoms with Gasteiger partial charge in [0.25, 0.3) is 11.4 Å². The fourth-order valence-electron chi connectivity index (χ4n) is 9.22. The van der Waals surface area contributed by atoms with Crippen LogP contribution in [0.25, 0.3) is 0 Å². The van der Waals surface area contributed by atoms with E-state index in [2.05, 4.69) is 69.0 Å². The second kappa shape index (κ2) is 24.6. The first-order valence-corrected chi connectivity index (χ1v) is 23.4. The smallest absolute Gasteiger partial charge is 0.337 e. The van der Waals surface area contributed by atoms with Crippen LogP contribution >= 0.6 is 0 Å². The summed E-state index contributed by atoms with van der Waals surface area (Å²) in [5.74, 6) is -4.69. The lowest BCUT2D eigenvalue weighted by atomic mass is 9.80. The van der Waals surface area contributed by atoms with E-state index < -0.39 is 51.7 Å². The summed E-state index contributed by atoms with van der Waals surface area (Å²) in [5, 5.41) is 38.0. The lowest BCUT2D eigenvalue weighted by Crippen LogP contribution is -2.48. The third-order valence-corrected chi connectivity index (χ3v) is 12.5. The number of nitrogens with one attached hydrogen (secondary N) is 2. The Morgan fingerprint density at radius 3 is 1.56 bits per heavy atom. The maximum atomic E-state index is 13.6. The lowest BCUT2D eigenvalue weighted by molar-refractivity contribution is -0.385. The Morgan fingerprint density at radius 2 is 1.10 bits per heavy atom. The molecule has 19 nitrogen and oxygen atoms in total. The van der Waals surface area contributed by atoms with E-state index in [0.717, 1.165) is 33.3 Å². The Kier molecular flexibility index (Phi) is 18.1. The number of carbonyl (C=O) groups excluding carboxylic acids is 4. The maximum absolute atomic E-state index is 13.6. The molecule has 1 fully saturated rings. The van der Waals surface area contributed by atoms with Crippen LogP contribution in [-0.2, 0) is 38.1 Å². The molecule has 3 aliphatic heterocycles. The standard InChI is InChI=1S/C35H38N4O6.C19H19N3O6/c1-24-30(34(40)44-3)32(28-15-10-16-29(23-28)39(42)43)31(25(2)36-24)35(41)45-22-21-37-17-19-38(20-18-37)33(26-11-6-4-7-12-26)27-13-8-5-9-14-27;1-10(2)28-19(24)15-11(3)21-14(9-20)17(18(23)27-4)16(15)12-6-5-7-13(8-12)22(25)26/h4-16,23,32-33,36H,17-22H2,1-3H3;5-8,10,16,21H,1-4H3. The molecule has 380 valence electrons. The van der Waals surface area contributed by atoms with Gasteiger partial charge in [0.2, 0.25) is 0 Å². The number of hydrogen-bond acceptors (Lipinski definition) is 17. The van der Waals surface area contributed by atoms with Gasteiger partial charge in [-0.2, -0.15) is 5.26 Å². The number of dihydropyridines is 2. The van der Waals surface area contributed by atoms with Gasteiger partial charge in [0.05, 0.1) is 70.3 Å². The third kappa shape index (κ3) is 12.7. The van der Waals surface area contributed by atoms with Gasteiger partial charge in [-0.3, -0.25) is 30.0 Å². The van der Waals surface area contributed by atoms with Crippen molar-refractivity contribution in [3.8, 4) is 6.07 Å². The molecule has 0 saturated carbocycles. The fraction of sp³-hybridized carbons (Fsp3) is 0.315. The molecule has 2 unspecified atom stereocenters. The number of benzene rings is 4. The topological polar surface area (TPSA) is 246 Å². The van der Waals surface area contributed by atoms with Crippen LogP contribution in [-0.4, -0.2) is 103 Å². The Balaban J connectivity index is 0.000000267. The molecule has 2 atom stereocenters. The number of hydrogen-bond donors (Lipinski definition) is 2. The molecule has 3 aliphatic rings. The summed E-state index contributed by atoms with van der Waals surface area (Å²) in [6.45, 7) is 12.4.